The number of alkyl carbamates (subject to hydrolysis) is 1. The van der Waals surface area contributed by atoms with Gasteiger partial charge in [-0.15, -0.1) is 0 Å². The fourth-order valence-electron chi connectivity index (χ4n) is 3.94. The highest BCUT2D eigenvalue weighted by Gasteiger charge is 2.20. The van der Waals surface area contributed by atoms with Gasteiger partial charge in [-0.3, -0.25) is 4.39 Å². The number of amides is 1. The molecule has 1 saturated heterocycles. The number of phenols is 1. The van der Waals surface area contributed by atoms with Crippen molar-refractivity contribution in [3.8, 4) is 5.75 Å². The molecule has 39 heavy (non-hydrogen) atoms. The lowest BCUT2D eigenvalue weighted by atomic mass is 9.89. The second kappa shape index (κ2) is 15.9. The number of carbonyl (C=O) groups is 2. The number of alkyl halides is 1. The Bertz CT molecular complexity index is 1110. The highest BCUT2D eigenvalue weighted by atomic mass is 19.1. The highest BCUT2D eigenvalue weighted by Crippen LogP contribution is 2.29. The minimum absolute atomic E-state index is 0.0555. The van der Waals surface area contributed by atoms with E-state index in [1.54, 1.807) is 26.0 Å². The Morgan fingerprint density at radius 2 is 1.79 bits per heavy atom. The summed E-state index contributed by atoms with van der Waals surface area (Å²) < 4.78 is 20.7. The molecule has 3 rings (SSSR count). The van der Waals surface area contributed by atoms with Gasteiger partial charge in [-0.05, 0) is 95.3 Å². The first-order chi connectivity index (χ1) is 18.7. The molecule has 0 saturated carbocycles. The second-order valence-electron chi connectivity index (χ2n) is 10.6. The van der Waals surface area contributed by atoms with Gasteiger partial charge in [0, 0.05) is 18.2 Å². The lowest BCUT2D eigenvalue weighted by Gasteiger charge is -2.23. The number of phenolic OH excluding ortho intramolecular Hbond substituents is 1. The molecule has 1 aliphatic heterocycles. The van der Waals surface area contributed by atoms with Crippen LogP contribution in [0.1, 0.15) is 77.0 Å². The number of aliphatic hydroxyl groups is 1. The van der Waals surface area contributed by atoms with Crippen molar-refractivity contribution in [3.63, 3.8) is 0 Å². The third-order valence-corrected chi connectivity index (χ3v) is 5.70. The number of rotatable bonds is 6. The van der Waals surface area contributed by atoms with Crippen LogP contribution in [0.3, 0.4) is 0 Å². The summed E-state index contributed by atoms with van der Waals surface area (Å²) in [4.78, 5) is 22.0. The van der Waals surface area contributed by atoms with E-state index < -0.39 is 24.3 Å². The molecule has 0 unspecified atom stereocenters. The zero-order chi connectivity index (χ0) is 30.3. The molecule has 0 bridgehead atoms. The number of halogens is 1. The van der Waals surface area contributed by atoms with Crippen LogP contribution in [0.25, 0.3) is 6.08 Å². The van der Waals surface area contributed by atoms with Crippen molar-refractivity contribution in [1.82, 2.24) is 10.6 Å². The maximum absolute atomic E-state index is 11.7. The number of piperidine rings is 1. The van der Waals surface area contributed by atoms with Crippen LogP contribution in [0.15, 0.2) is 48.5 Å². The van der Waals surface area contributed by atoms with Gasteiger partial charge in [0.2, 0.25) is 0 Å². The first-order valence-electron chi connectivity index (χ1n) is 13.5. The molecule has 2 aromatic rings. The number of carboxylic acids is 1. The molecular weight excluding hydrogens is 503 g/mol. The van der Waals surface area contributed by atoms with E-state index in [9.17, 15) is 24.2 Å². The molecule has 0 aliphatic carbocycles. The van der Waals surface area contributed by atoms with Gasteiger partial charge in [-0.1, -0.05) is 36.4 Å². The third-order valence-electron chi connectivity index (χ3n) is 5.70. The molecule has 0 radical (unpaired) electrons. The van der Waals surface area contributed by atoms with E-state index in [2.05, 4.69) is 28.8 Å². The van der Waals surface area contributed by atoms with Gasteiger partial charge >= 0.3 is 12.1 Å². The van der Waals surface area contributed by atoms with E-state index in [1.165, 1.54) is 30.5 Å². The molecule has 0 spiro atoms. The van der Waals surface area contributed by atoms with Gasteiger partial charge in [0.05, 0.1) is 14.1 Å². The first-order valence-corrected chi connectivity index (χ1v) is 12.7. The summed E-state index contributed by atoms with van der Waals surface area (Å²) in [6.45, 7) is 11.4. The smallest absolute Gasteiger partial charge is 0.407 e. The second-order valence-corrected chi connectivity index (χ2v) is 10.6. The number of hydrogen-bond donors (Lipinski definition) is 5. The topological polar surface area (TPSA) is 128 Å². The van der Waals surface area contributed by atoms with Crippen molar-refractivity contribution in [3.05, 3.63) is 70.8 Å². The van der Waals surface area contributed by atoms with Crippen LogP contribution < -0.4 is 10.6 Å². The number of carboxylic acid groups (broad SMARTS) is 1. The van der Waals surface area contributed by atoms with E-state index in [1.807, 2.05) is 26.8 Å². The van der Waals surface area contributed by atoms with Crippen molar-refractivity contribution in [2.45, 2.75) is 71.1 Å². The van der Waals surface area contributed by atoms with Crippen LogP contribution >= 0.6 is 0 Å². The van der Waals surface area contributed by atoms with Crippen molar-refractivity contribution in [2.75, 3.05) is 20.2 Å². The number of hydrogen-bond acceptors (Lipinski definition) is 6. The first kappa shape index (κ1) is 31.8. The number of benzene rings is 2. The Morgan fingerprint density at radius 3 is 2.33 bits per heavy atom. The van der Waals surface area contributed by atoms with E-state index >= 15 is 0 Å². The largest absolute Gasteiger partial charge is 0.508 e. The van der Waals surface area contributed by atoms with Gasteiger partial charge in [0.1, 0.15) is 11.4 Å². The summed E-state index contributed by atoms with van der Waals surface area (Å²) in [5, 5.41) is 34.0. The Morgan fingerprint density at radius 1 is 1.15 bits per heavy atom. The van der Waals surface area contributed by atoms with Crippen molar-refractivity contribution >= 4 is 18.1 Å². The number of aliphatic carboxylic acids is 1. The molecule has 1 aliphatic rings. The Hall–Kier alpha value is -3.43. The molecule has 1 heterocycles. The minimum atomic E-state index is -1.13. The minimum Gasteiger partial charge on any atom is -0.508 e. The predicted molar refractivity (Wildman–Crippen MR) is 151 cm³/mol. The van der Waals surface area contributed by atoms with Crippen LogP contribution in [0, 0.1) is 0 Å². The summed E-state index contributed by atoms with van der Waals surface area (Å²) in [5.74, 6) is -0.473. The SMILES string of the molecule is CC(C)(C)OC(=O)NCc1cccc(C2CCNCC2)c1.CC(C)(O)c1ccc(/C=C/C(=O)O)cc1O.[2H]CF. The van der Waals surface area contributed by atoms with E-state index in [-0.39, 0.29) is 11.8 Å². The molecule has 1 fully saturated rings. The zero-order valence-electron chi connectivity index (χ0n) is 24.5. The maximum Gasteiger partial charge on any atom is 0.407 e. The predicted octanol–water partition coefficient (Wildman–Crippen LogP) is 5.48. The molecule has 9 heteroatoms. The summed E-state index contributed by atoms with van der Waals surface area (Å²) in [5.41, 5.74) is 1.88. The highest BCUT2D eigenvalue weighted by molar-refractivity contribution is 5.85. The molecule has 0 atom stereocenters. The fraction of sp³-hybridized carbons (Fsp3) is 0.467. The van der Waals surface area contributed by atoms with Crippen LogP contribution in [-0.4, -0.2) is 53.2 Å². The molecule has 216 valence electrons. The maximum atomic E-state index is 11.7. The average molecular weight is 548 g/mol. The fourth-order valence-corrected chi connectivity index (χ4v) is 3.94. The monoisotopic (exact) mass is 547 g/mol. The normalized spacial score (nSPS) is 14.3. The van der Waals surface area contributed by atoms with Crippen LogP contribution in [0.2, 0.25) is 0 Å². The average Bonchev–Trinajstić information content (AvgIpc) is 2.86. The van der Waals surface area contributed by atoms with Gasteiger partial charge < -0.3 is 30.7 Å². The van der Waals surface area contributed by atoms with Crippen molar-refractivity contribution in [1.29, 1.82) is 0 Å². The van der Waals surface area contributed by atoms with Gasteiger partial charge in [-0.25, -0.2) is 9.59 Å². The zero-order valence-corrected chi connectivity index (χ0v) is 23.5. The number of ether oxygens (including phenoxy) is 1. The Kier molecular flexibility index (Phi) is 12.9. The summed E-state index contributed by atoms with van der Waals surface area (Å²) in [7, 11) is -1.00. The van der Waals surface area contributed by atoms with E-state index in [0.717, 1.165) is 24.7 Å². The van der Waals surface area contributed by atoms with Crippen molar-refractivity contribution < 1.29 is 35.4 Å². The van der Waals surface area contributed by atoms with E-state index in [4.69, 9.17) is 11.2 Å². The number of carbonyl (C=O) groups excluding carboxylic acids is 1. The molecule has 8 nitrogen and oxygen atoms in total. The van der Waals surface area contributed by atoms with Gasteiger partial charge in [0.15, 0.2) is 0 Å². The lowest BCUT2D eigenvalue weighted by molar-refractivity contribution is -0.131. The molecule has 0 aromatic heterocycles. The lowest BCUT2D eigenvalue weighted by Crippen LogP contribution is -2.32. The molecule has 1 amide bonds. The van der Waals surface area contributed by atoms with Gasteiger partial charge in [0.25, 0.3) is 0 Å². The Balaban J connectivity index is 0.000000376. The third kappa shape index (κ3) is 13.3. The molecule has 2 aromatic carbocycles. The Labute approximate surface area is 232 Å². The van der Waals surface area contributed by atoms with Crippen molar-refractivity contribution in [2.24, 2.45) is 0 Å². The summed E-state index contributed by atoms with van der Waals surface area (Å²) in [6, 6.07) is 13.1. The number of nitrogens with one attached hydrogen (secondary N) is 2. The summed E-state index contributed by atoms with van der Waals surface area (Å²) >= 11 is 0. The van der Waals surface area contributed by atoms with E-state index in [0.29, 0.717) is 23.6 Å². The molecular formula is C30H43FN2O6. The number of aromatic hydroxyl groups is 1. The van der Waals surface area contributed by atoms with Gasteiger partial charge in [-0.2, -0.15) is 0 Å². The van der Waals surface area contributed by atoms with Crippen LogP contribution in [0.5, 0.6) is 5.75 Å². The van der Waals surface area contributed by atoms with Crippen LogP contribution in [0.4, 0.5) is 9.18 Å². The standard InChI is InChI=1S/C17H26N2O2.C12H14O4.CH3F/c1-17(2,3)21-16(20)19-12-13-5-4-6-15(11-13)14-7-9-18-10-8-14;1-12(2,16)9-5-3-8(7-10(9)13)4-6-11(14)15;1-2/h4-6,11,14,18H,7-10,12H2,1-3H3,(H,19,20);3-7,13,16H,1-2H3,(H,14,15);1H3/b;6-4+;/i;;1D. The quantitative estimate of drug-likeness (QED) is 0.303. The van der Waals surface area contributed by atoms with Crippen LogP contribution in [-0.2, 0) is 21.7 Å². The summed E-state index contributed by atoms with van der Waals surface area (Å²) in [6.07, 6.45) is 4.36. The molecule has 5 N–H and O–H groups in total.